The Kier molecular flexibility index (Phi) is 3.54. The van der Waals surface area contributed by atoms with Gasteiger partial charge in [0.05, 0.1) is 7.11 Å². The van der Waals surface area contributed by atoms with Crippen molar-refractivity contribution in [3.8, 4) is 0 Å². The number of carbonyl (C=O) groups excluding carboxylic acids is 2. The number of carbonyl (C=O) groups is 2. The Hall–Kier alpha value is -1.26. The number of methoxy groups -OCH3 is 1. The van der Waals surface area contributed by atoms with Crippen LogP contribution in [0.2, 0.25) is 0 Å². The van der Waals surface area contributed by atoms with Crippen LogP contribution in [-0.4, -0.2) is 42.3 Å². The SMILES string of the molecule is [2H]CC1C[C@H](C(=O)OC)N(C(=O)OC(C)(C)C)C1. The van der Waals surface area contributed by atoms with Crippen molar-refractivity contribution in [3.05, 3.63) is 0 Å². The number of nitrogens with zero attached hydrogens (tertiary/aromatic N) is 1. The van der Waals surface area contributed by atoms with Crippen molar-refractivity contribution in [2.75, 3.05) is 13.7 Å². The van der Waals surface area contributed by atoms with Crippen molar-refractivity contribution >= 4 is 12.1 Å². The standard InChI is InChI=1S/C12H21NO4/c1-8-6-9(10(14)16-5)13(7-8)11(15)17-12(2,3)4/h8-9H,6-7H2,1-5H3/t8?,9-/m1/s1/i1D. The number of amides is 1. The van der Waals surface area contributed by atoms with Crippen molar-refractivity contribution in [1.82, 2.24) is 4.90 Å². The van der Waals surface area contributed by atoms with Gasteiger partial charge in [-0.1, -0.05) is 6.90 Å². The van der Waals surface area contributed by atoms with Gasteiger partial charge >= 0.3 is 12.1 Å². The third-order valence-electron chi connectivity index (χ3n) is 2.49. The van der Waals surface area contributed by atoms with Crippen LogP contribution in [0.25, 0.3) is 0 Å². The van der Waals surface area contributed by atoms with E-state index in [4.69, 9.17) is 6.11 Å². The maximum absolute atomic E-state index is 12.0. The van der Waals surface area contributed by atoms with E-state index >= 15 is 0 Å². The molecule has 0 aromatic heterocycles. The Labute approximate surface area is 103 Å². The Morgan fingerprint density at radius 1 is 1.41 bits per heavy atom. The second kappa shape index (κ2) is 4.94. The minimum atomic E-state index is -0.625. The Bertz CT molecular complexity index is 327. The highest BCUT2D eigenvalue weighted by Gasteiger charge is 2.40. The highest BCUT2D eigenvalue weighted by Crippen LogP contribution is 2.25. The summed E-state index contributed by atoms with van der Waals surface area (Å²) >= 11 is 0. The van der Waals surface area contributed by atoms with Gasteiger partial charge in [-0.25, -0.2) is 9.59 Å². The molecule has 0 aromatic rings. The maximum Gasteiger partial charge on any atom is 0.411 e. The van der Waals surface area contributed by atoms with Crippen LogP contribution in [0.3, 0.4) is 0 Å². The van der Waals surface area contributed by atoms with Crippen LogP contribution < -0.4 is 0 Å². The van der Waals surface area contributed by atoms with Gasteiger partial charge in [0.2, 0.25) is 0 Å². The lowest BCUT2D eigenvalue weighted by Crippen LogP contribution is -2.43. The molecule has 1 unspecified atom stereocenters. The molecular formula is C12H21NO4. The zero-order valence-electron chi connectivity index (χ0n) is 11.9. The van der Waals surface area contributed by atoms with Crippen molar-refractivity contribution in [2.24, 2.45) is 5.92 Å². The van der Waals surface area contributed by atoms with Gasteiger partial charge in [0.15, 0.2) is 0 Å². The monoisotopic (exact) mass is 244 g/mol. The lowest BCUT2D eigenvalue weighted by molar-refractivity contribution is -0.145. The molecule has 5 heteroatoms. The Balaban J connectivity index is 2.77. The molecule has 0 aliphatic carbocycles. The average molecular weight is 244 g/mol. The molecule has 17 heavy (non-hydrogen) atoms. The highest BCUT2D eigenvalue weighted by atomic mass is 16.6. The van der Waals surface area contributed by atoms with E-state index in [2.05, 4.69) is 4.74 Å². The lowest BCUT2D eigenvalue weighted by Gasteiger charge is -2.27. The van der Waals surface area contributed by atoms with Gasteiger partial charge in [0.25, 0.3) is 0 Å². The zero-order chi connectivity index (χ0) is 13.9. The van der Waals surface area contributed by atoms with E-state index in [1.807, 2.05) is 0 Å². The first-order valence-electron chi connectivity index (χ1n) is 6.36. The van der Waals surface area contributed by atoms with E-state index < -0.39 is 23.7 Å². The van der Waals surface area contributed by atoms with Crippen LogP contribution in [0, 0.1) is 5.92 Å². The van der Waals surface area contributed by atoms with Gasteiger partial charge in [0, 0.05) is 7.92 Å². The summed E-state index contributed by atoms with van der Waals surface area (Å²) in [6, 6.07) is -0.625. The van der Waals surface area contributed by atoms with E-state index in [9.17, 15) is 9.59 Å². The highest BCUT2D eigenvalue weighted by molar-refractivity contribution is 5.82. The predicted octanol–water partition coefficient (Wildman–Crippen LogP) is 1.80. The lowest BCUT2D eigenvalue weighted by atomic mass is 10.1. The van der Waals surface area contributed by atoms with E-state index in [0.29, 0.717) is 13.0 Å². The van der Waals surface area contributed by atoms with Crippen LogP contribution >= 0.6 is 0 Å². The quantitative estimate of drug-likeness (QED) is 0.660. The number of hydrogen-bond acceptors (Lipinski definition) is 4. The van der Waals surface area contributed by atoms with Gasteiger partial charge in [-0.2, -0.15) is 0 Å². The maximum atomic E-state index is 12.0. The summed E-state index contributed by atoms with van der Waals surface area (Å²) < 4.78 is 17.3. The van der Waals surface area contributed by atoms with Gasteiger partial charge in [-0.3, -0.25) is 4.90 Å². The zero-order valence-corrected chi connectivity index (χ0v) is 10.9. The van der Waals surface area contributed by atoms with Crippen LogP contribution in [0.15, 0.2) is 0 Å². The van der Waals surface area contributed by atoms with E-state index in [1.165, 1.54) is 12.0 Å². The largest absolute Gasteiger partial charge is 0.467 e. The number of hydrogen-bond donors (Lipinski definition) is 0. The molecule has 0 N–H and O–H groups in total. The minimum absolute atomic E-state index is 0.00150. The number of likely N-dealkylation sites (tertiary alicyclic amines) is 1. The Morgan fingerprint density at radius 2 is 2.06 bits per heavy atom. The molecule has 1 heterocycles. The van der Waals surface area contributed by atoms with Gasteiger partial charge in [-0.15, -0.1) is 0 Å². The minimum Gasteiger partial charge on any atom is -0.467 e. The number of ether oxygens (including phenoxy) is 2. The van der Waals surface area contributed by atoms with Crippen molar-refractivity contribution in [1.29, 1.82) is 0 Å². The van der Waals surface area contributed by atoms with Crippen molar-refractivity contribution in [3.63, 3.8) is 0 Å². The third-order valence-corrected chi connectivity index (χ3v) is 2.49. The first kappa shape index (κ1) is 12.2. The molecule has 1 amide bonds. The van der Waals surface area contributed by atoms with Crippen LogP contribution in [0.4, 0.5) is 4.79 Å². The second-order valence-electron chi connectivity index (χ2n) is 5.27. The molecule has 98 valence electrons. The summed E-state index contributed by atoms with van der Waals surface area (Å²) in [5, 5.41) is 0. The summed E-state index contributed by atoms with van der Waals surface area (Å²) in [6.07, 6.45) is -0.0519. The van der Waals surface area contributed by atoms with E-state index in [0.717, 1.165) is 0 Å². The van der Waals surface area contributed by atoms with E-state index in [-0.39, 0.29) is 12.8 Å². The molecular weight excluding hydrogens is 222 g/mol. The fourth-order valence-corrected chi connectivity index (χ4v) is 1.80. The summed E-state index contributed by atoms with van der Waals surface area (Å²) in [7, 11) is 1.30. The molecule has 1 aliphatic heterocycles. The van der Waals surface area contributed by atoms with Crippen molar-refractivity contribution < 1.29 is 20.4 Å². The summed E-state index contributed by atoms with van der Waals surface area (Å²) in [6.45, 7) is 5.88. The molecule has 0 radical (unpaired) electrons. The summed E-state index contributed by atoms with van der Waals surface area (Å²) in [5.74, 6) is -0.446. The topological polar surface area (TPSA) is 55.8 Å². The molecule has 2 atom stereocenters. The Morgan fingerprint density at radius 3 is 2.53 bits per heavy atom. The first-order chi connectivity index (χ1) is 8.28. The molecule has 1 fully saturated rings. The summed E-state index contributed by atoms with van der Waals surface area (Å²) in [4.78, 5) is 25.0. The number of esters is 1. The molecule has 1 aliphatic rings. The average Bonchev–Trinajstić information content (AvgIpc) is 2.69. The molecule has 0 spiro atoms. The van der Waals surface area contributed by atoms with Gasteiger partial charge in [0.1, 0.15) is 11.6 Å². The van der Waals surface area contributed by atoms with Crippen LogP contribution in [0.5, 0.6) is 0 Å². The molecule has 0 bridgehead atoms. The van der Waals surface area contributed by atoms with Crippen LogP contribution in [-0.2, 0) is 14.3 Å². The third kappa shape index (κ3) is 3.61. The molecule has 0 aromatic carbocycles. The fraction of sp³-hybridized carbons (Fsp3) is 0.833. The van der Waals surface area contributed by atoms with Gasteiger partial charge < -0.3 is 9.47 Å². The normalized spacial score (nSPS) is 25.4. The first-order valence-corrected chi connectivity index (χ1v) is 5.65. The van der Waals surface area contributed by atoms with Crippen LogP contribution in [0.1, 0.15) is 35.5 Å². The second-order valence-corrected chi connectivity index (χ2v) is 5.27. The molecule has 0 saturated carbocycles. The smallest absolute Gasteiger partial charge is 0.411 e. The summed E-state index contributed by atoms with van der Waals surface area (Å²) in [5.41, 5.74) is -0.600. The van der Waals surface area contributed by atoms with Crippen molar-refractivity contribution in [2.45, 2.75) is 45.7 Å². The van der Waals surface area contributed by atoms with Gasteiger partial charge in [-0.05, 0) is 33.1 Å². The fourth-order valence-electron chi connectivity index (χ4n) is 1.80. The number of rotatable bonds is 1. The molecule has 1 rings (SSSR count). The molecule has 1 saturated heterocycles. The van der Waals surface area contributed by atoms with E-state index in [1.54, 1.807) is 20.8 Å². The molecule has 5 nitrogen and oxygen atoms in total. The predicted molar refractivity (Wildman–Crippen MR) is 62.5 cm³/mol.